The van der Waals surface area contributed by atoms with E-state index in [-0.39, 0.29) is 0 Å². The van der Waals surface area contributed by atoms with E-state index in [1.807, 2.05) is 0 Å². The first-order valence-electron chi connectivity index (χ1n) is 5.27. The summed E-state index contributed by atoms with van der Waals surface area (Å²) in [5.41, 5.74) is 0. The van der Waals surface area contributed by atoms with Gasteiger partial charge in [-0.15, -0.1) is 0 Å². The van der Waals surface area contributed by atoms with Gasteiger partial charge in [-0.3, -0.25) is 0 Å². The minimum Gasteiger partial charge on any atom is -0.244 e. The molecule has 0 heterocycles. The first kappa shape index (κ1) is 23.9. The molecule has 0 fully saturated rings. The van der Waals surface area contributed by atoms with E-state index in [0.717, 1.165) is 0 Å². The zero-order chi connectivity index (χ0) is 20.9. The van der Waals surface area contributed by atoms with Crippen LogP contribution in [0.25, 0.3) is 0 Å². The van der Waals surface area contributed by atoms with Crippen LogP contribution in [0, 0.1) is 6.67 Å². The Kier molecular flexibility index (Phi) is 5.69. The molecule has 0 aromatic heterocycles. The quantitative estimate of drug-likeness (QED) is 0.458. The summed E-state index contributed by atoms with van der Waals surface area (Å²) in [7, 11) is 0. The average Bonchev–Trinajstić information content (AvgIpc) is 2.45. The minimum absolute atomic E-state index is 2.64. The lowest BCUT2D eigenvalue weighted by Crippen LogP contribution is -2.73. The summed E-state index contributed by atoms with van der Waals surface area (Å²) < 4.78 is 201. The number of rotatable bonds is 8. The highest BCUT2D eigenvalue weighted by molar-refractivity contribution is 5.15. The van der Waals surface area contributed by atoms with Crippen molar-refractivity contribution in [3.8, 4) is 0 Å². The molecule has 0 amide bonds. The standard InChI is InChI=1S/C9H3F16/c10-1-3(12,13)5(16,17)7(20,21)9(24,25)8(22,23)6(18,19)4(14,15)2-11/h1H,2H2. The summed E-state index contributed by atoms with van der Waals surface area (Å²) in [5.74, 6) is -53.8. The Hall–Kier alpha value is -1.12. The molecule has 0 N–H and O–H groups in total. The maximum absolute atomic E-state index is 12.9. The molecule has 0 aromatic rings. The molecule has 0 spiro atoms. The molecule has 25 heavy (non-hydrogen) atoms. The van der Waals surface area contributed by atoms with Crippen molar-refractivity contribution in [3.05, 3.63) is 6.67 Å². The van der Waals surface area contributed by atoms with Crippen molar-refractivity contribution in [3.63, 3.8) is 0 Å². The highest BCUT2D eigenvalue weighted by atomic mass is 19.4. The molecule has 16 heteroatoms. The average molecular weight is 415 g/mol. The van der Waals surface area contributed by atoms with Gasteiger partial charge >= 0.3 is 41.5 Å². The summed E-state index contributed by atoms with van der Waals surface area (Å²) >= 11 is 0. The van der Waals surface area contributed by atoms with E-state index in [1.165, 1.54) is 0 Å². The summed E-state index contributed by atoms with van der Waals surface area (Å²) in [6.45, 7) is -6.47. The van der Waals surface area contributed by atoms with Gasteiger partial charge in [-0.1, -0.05) is 0 Å². The molecule has 0 aliphatic rings. The fourth-order valence-electron chi connectivity index (χ4n) is 1.18. The molecule has 0 bridgehead atoms. The monoisotopic (exact) mass is 415 g/mol. The van der Waals surface area contributed by atoms with E-state index in [2.05, 4.69) is 0 Å². The molecule has 0 aromatic carbocycles. The fraction of sp³-hybridized carbons (Fsp3) is 0.889. The molecule has 0 aliphatic carbocycles. The number of hydrogen-bond donors (Lipinski definition) is 0. The summed E-state index contributed by atoms with van der Waals surface area (Å²) in [6.07, 6.45) is 0. The van der Waals surface area contributed by atoms with Gasteiger partial charge in [-0.25, -0.2) is 8.78 Å². The molecule has 0 nitrogen and oxygen atoms in total. The van der Waals surface area contributed by atoms with E-state index in [4.69, 9.17) is 0 Å². The summed E-state index contributed by atoms with van der Waals surface area (Å²) in [5, 5.41) is 0. The lowest BCUT2D eigenvalue weighted by molar-refractivity contribution is -0.440. The van der Waals surface area contributed by atoms with Gasteiger partial charge in [0.2, 0.25) is 6.67 Å². The van der Waals surface area contributed by atoms with Gasteiger partial charge in [0.15, 0.2) is 6.67 Å². The molecule has 0 saturated carbocycles. The van der Waals surface area contributed by atoms with E-state index in [9.17, 15) is 70.2 Å². The molecule has 0 saturated heterocycles. The van der Waals surface area contributed by atoms with Crippen LogP contribution in [0.15, 0.2) is 0 Å². The topological polar surface area (TPSA) is 0 Å². The van der Waals surface area contributed by atoms with Crippen LogP contribution in [-0.2, 0) is 0 Å². The van der Waals surface area contributed by atoms with Crippen LogP contribution in [0.4, 0.5) is 70.2 Å². The SMILES string of the molecule is F[CH]C(F)(F)C(F)(F)C(F)(F)C(F)(F)C(F)(F)C(F)(F)C(F)(F)CF. The largest absolute Gasteiger partial charge is 0.384 e. The Morgan fingerprint density at radius 3 is 1.04 bits per heavy atom. The van der Waals surface area contributed by atoms with Crippen LogP contribution in [-0.4, -0.2) is 48.1 Å². The number of alkyl halides is 15. The molecular weight excluding hydrogens is 412 g/mol. The molecule has 0 atom stereocenters. The van der Waals surface area contributed by atoms with Gasteiger partial charge in [-0.05, 0) is 0 Å². The van der Waals surface area contributed by atoms with E-state index < -0.39 is 54.8 Å². The van der Waals surface area contributed by atoms with Gasteiger partial charge in [0.05, 0.1) is 0 Å². The second kappa shape index (κ2) is 5.96. The highest BCUT2D eigenvalue weighted by Crippen LogP contribution is 2.62. The normalized spacial score (nSPS) is 16.3. The summed E-state index contributed by atoms with van der Waals surface area (Å²) in [4.78, 5) is 0. The second-order valence-corrected chi connectivity index (χ2v) is 4.44. The number of halogens is 16. The van der Waals surface area contributed by atoms with E-state index in [0.29, 0.717) is 0 Å². The van der Waals surface area contributed by atoms with Crippen molar-refractivity contribution in [2.45, 2.75) is 41.5 Å². The Morgan fingerprint density at radius 1 is 0.480 bits per heavy atom. The minimum atomic E-state index is -8.31. The van der Waals surface area contributed by atoms with Crippen LogP contribution < -0.4 is 0 Å². The highest BCUT2D eigenvalue weighted by Gasteiger charge is 2.92. The third kappa shape index (κ3) is 2.88. The molecule has 0 unspecified atom stereocenters. The molecule has 0 aliphatic heterocycles. The lowest BCUT2D eigenvalue weighted by Gasteiger charge is -2.41. The fourth-order valence-corrected chi connectivity index (χ4v) is 1.18. The van der Waals surface area contributed by atoms with Gasteiger partial charge < -0.3 is 0 Å². The van der Waals surface area contributed by atoms with Crippen molar-refractivity contribution in [2.24, 2.45) is 0 Å². The van der Waals surface area contributed by atoms with E-state index in [1.54, 1.807) is 0 Å². The van der Waals surface area contributed by atoms with Crippen LogP contribution in [0.2, 0.25) is 0 Å². The smallest absolute Gasteiger partial charge is 0.244 e. The zero-order valence-corrected chi connectivity index (χ0v) is 10.8. The predicted molar refractivity (Wildman–Crippen MR) is 46.0 cm³/mol. The Morgan fingerprint density at radius 2 is 0.760 bits per heavy atom. The lowest BCUT2D eigenvalue weighted by atomic mass is 9.89. The van der Waals surface area contributed by atoms with Crippen molar-refractivity contribution in [2.75, 3.05) is 6.67 Å². The third-order valence-electron chi connectivity index (χ3n) is 2.76. The maximum Gasteiger partial charge on any atom is 0.384 e. The Labute approximate surface area is 126 Å². The van der Waals surface area contributed by atoms with Gasteiger partial charge in [0.25, 0.3) is 0 Å². The van der Waals surface area contributed by atoms with E-state index >= 15 is 0 Å². The second-order valence-electron chi connectivity index (χ2n) is 4.44. The van der Waals surface area contributed by atoms with Crippen molar-refractivity contribution >= 4 is 0 Å². The van der Waals surface area contributed by atoms with Gasteiger partial charge in [0.1, 0.15) is 0 Å². The van der Waals surface area contributed by atoms with Crippen LogP contribution in [0.5, 0.6) is 0 Å². The third-order valence-corrected chi connectivity index (χ3v) is 2.76. The predicted octanol–water partition coefficient (Wildman–Crippen LogP) is 5.53. The molecule has 151 valence electrons. The molecule has 0 rings (SSSR count). The van der Waals surface area contributed by atoms with Crippen LogP contribution in [0.1, 0.15) is 0 Å². The zero-order valence-electron chi connectivity index (χ0n) is 10.8. The van der Waals surface area contributed by atoms with Crippen molar-refractivity contribution < 1.29 is 70.2 Å². The Bertz CT molecular complexity index is 434. The maximum atomic E-state index is 12.9. The Balaban J connectivity index is 6.46. The van der Waals surface area contributed by atoms with Crippen LogP contribution >= 0.6 is 0 Å². The summed E-state index contributed by atoms with van der Waals surface area (Å²) in [6, 6.07) is 0. The van der Waals surface area contributed by atoms with Gasteiger partial charge in [0, 0.05) is 0 Å². The van der Waals surface area contributed by atoms with Gasteiger partial charge in [-0.2, -0.15) is 61.5 Å². The molecular formula is C9H3F16. The first-order valence-corrected chi connectivity index (χ1v) is 5.27. The number of hydrogen-bond acceptors (Lipinski definition) is 0. The first-order chi connectivity index (χ1) is 10.6. The molecule has 1 radical (unpaired) electrons. The van der Waals surface area contributed by atoms with Crippen LogP contribution in [0.3, 0.4) is 0 Å². The van der Waals surface area contributed by atoms with Crippen molar-refractivity contribution in [1.29, 1.82) is 0 Å². The van der Waals surface area contributed by atoms with Crippen molar-refractivity contribution in [1.82, 2.24) is 0 Å².